The Labute approximate surface area is 458 Å². The van der Waals surface area contributed by atoms with Crippen LogP contribution in [0.4, 0.5) is 35.1 Å². The summed E-state index contributed by atoms with van der Waals surface area (Å²) in [6.45, 7) is 3.09. The lowest BCUT2D eigenvalue weighted by Gasteiger charge is -2.28. The van der Waals surface area contributed by atoms with Gasteiger partial charge in [0.1, 0.15) is 23.7 Å². The number of nitrogens with one attached hydrogen (secondary N) is 2. The van der Waals surface area contributed by atoms with Crippen molar-refractivity contribution in [3.05, 3.63) is 126 Å². The number of carbonyl (C=O) groups is 6. The van der Waals surface area contributed by atoms with E-state index in [0.29, 0.717) is 0 Å². The van der Waals surface area contributed by atoms with Crippen LogP contribution in [0.2, 0.25) is 0 Å². The average Bonchev–Trinajstić information content (AvgIpc) is 4.35. The second-order valence-corrected chi connectivity index (χ2v) is 26.1. The summed E-state index contributed by atoms with van der Waals surface area (Å²) in [4.78, 5) is 75.8. The molecule has 0 aromatic heterocycles. The van der Waals surface area contributed by atoms with Crippen molar-refractivity contribution in [2.24, 2.45) is 23.7 Å². The lowest BCUT2D eigenvalue weighted by molar-refractivity contribution is -0.161. The minimum atomic E-state index is -5.06. The topological polar surface area (TPSA) is 229 Å². The second-order valence-electron chi connectivity index (χ2n) is 20.0. The van der Waals surface area contributed by atoms with Crippen molar-refractivity contribution in [2.45, 2.75) is 129 Å². The summed E-state index contributed by atoms with van der Waals surface area (Å²) in [7, 11) is -12.7. The van der Waals surface area contributed by atoms with Crippen molar-refractivity contribution in [1.82, 2.24) is 10.6 Å². The predicted molar refractivity (Wildman–Crippen MR) is 276 cm³/mol. The molecule has 436 valence electrons. The number of carbonyl (C=O) groups excluding carboxylic acids is 6. The standard InChI is InChI=1S/C28H31F4NO7S2.C27H29F4NO5S/c1-3-18(26(36)25(35)13-17-7-8-17)14-24(34)23(33-27(28(30,31)32)19-9-11-20(29)12-10-19)16-42(39,40)22-6-4-5-21(15-22)41(2,37)38;1-2-18(25(35)24(34)14-17-8-9-17)15-23(33)22(16-38(36,37)21-6-4-3-5-7-21)32-26(27(29,30)31)19-10-12-20(28)13-11-19/h4-6,9-12,15,17-18,23,27,33H,3,7-8,13-14,16H2,1-2H3;3-7,10-13,17-18,22,26,32H,2,8-9,14-16H2,1H3/t18-,23+,27+;18-,22+,26+/m11/s1. The number of benzene rings is 4. The zero-order valence-corrected chi connectivity index (χ0v) is 46.0. The number of Topliss-reactive ketones (excluding diaryl/α,β-unsaturated/α-hetero) is 6. The van der Waals surface area contributed by atoms with Gasteiger partial charge in [-0.2, -0.15) is 26.3 Å². The number of rotatable bonds is 29. The van der Waals surface area contributed by atoms with E-state index in [1.54, 1.807) is 13.0 Å². The van der Waals surface area contributed by atoms with Gasteiger partial charge in [0.15, 0.2) is 52.6 Å². The first-order valence-corrected chi connectivity index (χ1v) is 30.6. The third-order valence-corrected chi connectivity index (χ3v) is 18.2. The number of sulfone groups is 3. The fraction of sp³-hybridized carbons (Fsp3) is 0.455. The molecule has 4 aromatic carbocycles. The first-order valence-electron chi connectivity index (χ1n) is 25.4. The monoisotopic (exact) mass is 1190 g/mol. The van der Waals surface area contributed by atoms with Crippen LogP contribution in [-0.4, -0.2) is 102 Å². The molecule has 0 saturated heterocycles. The lowest BCUT2D eigenvalue weighted by atomic mass is 9.89. The van der Waals surface area contributed by atoms with Gasteiger partial charge in [0.05, 0.1) is 38.3 Å². The van der Waals surface area contributed by atoms with Gasteiger partial charge in [-0.15, -0.1) is 0 Å². The van der Waals surface area contributed by atoms with Crippen LogP contribution < -0.4 is 10.6 Å². The maximum Gasteiger partial charge on any atom is 0.407 e. The van der Waals surface area contributed by atoms with Crippen LogP contribution in [0.25, 0.3) is 0 Å². The SMILES string of the molecule is CC[C@H](CC(=O)[C@H](CS(=O)(=O)c1cccc(S(C)(=O)=O)c1)N[C@@H](c1ccc(F)cc1)C(F)(F)F)C(=O)C(=O)CC1CC1.CC[C@H](CC(=O)[C@H](CS(=O)(=O)c1ccccc1)N[C@@H](c1ccc(F)cc1)C(F)(F)F)C(=O)C(=O)CC1CC1. The van der Waals surface area contributed by atoms with Crippen molar-refractivity contribution < 1.29 is 89.1 Å². The van der Waals surface area contributed by atoms with Gasteiger partial charge in [-0.1, -0.05) is 62.4 Å². The fourth-order valence-corrected chi connectivity index (χ4v) is 12.3. The Balaban J connectivity index is 0.000000295. The molecule has 4 aromatic rings. The Kier molecular flexibility index (Phi) is 22.1. The third-order valence-electron chi connectivity index (χ3n) is 13.6. The van der Waals surface area contributed by atoms with E-state index in [4.69, 9.17) is 0 Å². The minimum absolute atomic E-state index is 0.0109. The van der Waals surface area contributed by atoms with E-state index in [2.05, 4.69) is 5.32 Å². The molecular formula is C55H60F8N2O12S3. The van der Waals surface area contributed by atoms with Crippen LogP contribution in [0.1, 0.15) is 101 Å². The van der Waals surface area contributed by atoms with E-state index in [9.17, 15) is 89.1 Å². The van der Waals surface area contributed by atoms with Crippen LogP contribution in [0.3, 0.4) is 0 Å². The van der Waals surface area contributed by atoms with Crippen LogP contribution in [0.15, 0.2) is 118 Å². The largest absolute Gasteiger partial charge is 0.407 e. The molecule has 14 nitrogen and oxygen atoms in total. The van der Waals surface area contributed by atoms with Crippen LogP contribution >= 0.6 is 0 Å². The molecule has 0 amide bonds. The molecule has 0 unspecified atom stereocenters. The highest BCUT2D eigenvalue weighted by Gasteiger charge is 2.46. The van der Waals surface area contributed by atoms with Crippen molar-refractivity contribution in [1.29, 1.82) is 0 Å². The lowest BCUT2D eigenvalue weighted by Crippen LogP contribution is -2.49. The van der Waals surface area contributed by atoms with Gasteiger partial charge in [-0.3, -0.25) is 39.4 Å². The quantitative estimate of drug-likeness (QED) is 0.0382. The number of hydrogen-bond donors (Lipinski definition) is 2. The molecule has 0 spiro atoms. The average molecular weight is 1190 g/mol. The summed E-state index contributed by atoms with van der Waals surface area (Å²) >= 11 is 0. The Bertz CT molecular complexity index is 3210. The fourth-order valence-electron chi connectivity index (χ4n) is 8.54. The molecule has 6 rings (SSSR count). The highest BCUT2D eigenvalue weighted by molar-refractivity contribution is 7.92. The van der Waals surface area contributed by atoms with Crippen molar-refractivity contribution in [3.63, 3.8) is 0 Å². The van der Waals surface area contributed by atoms with E-state index in [1.165, 1.54) is 31.2 Å². The smallest absolute Gasteiger partial charge is 0.298 e. The van der Waals surface area contributed by atoms with E-state index in [-0.39, 0.29) is 47.3 Å². The highest BCUT2D eigenvalue weighted by Crippen LogP contribution is 2.37. The Hall–Kier alpha value is -5.89. The molecule has 2 aliphatic rings. The second kappa shape index (κ2) is 27.3. The van der Waals surface area contributed by atoms with Crippen LogP contribution in [-0.2, 0) is 58.3 Å². The number of ketones is 6. The Morgan fingerprint density at radius 2 is 0.863 bits per heavy atom. The van der Waals surface area contributed by atoms with Crippen molar-refractivity contribution >= 4 is 64.2 Å². The van der Waals surface area contributed by atoms with Gasteiger partial charge in [-0.25, -0.2) is 34.0 Å². The van der Waals surface area contributed by atoms with Gasteiger partial charge < -0.3 is 0 Å². The molecule has 2 saturated carbocycles. The van der Waals surface area contributed by atoms with Crippen molar-refractivity contribution in [3.8, 4) is 0 Å². The van der Waals surface area contributed by atoms with Crippen molar-refractivity contribution in [2.75, 3.05) is 17.8 Å². The van der Waals surface area contributed by atoms with Gasteiger partial charge in [-0.05, 0) is 116 Å². The number of alkyl halides is 6. The van der Waals surface area contributed by atoms with Gasteiger partial charge >= 0.3 is 12.4 Å². The summed E-state index contributed by atoms with van der Waals surface area (Å²) in [5.41, 5.74) is -0.919. The first-order chi connectivity index (χ1) is 37.2. The van der Waals surface area contributed by atoms with Crippen LogP contribution in [0.5, 0.6) is 0 Å². The highest BCUT2D eigenvalue weighted by atomic mass is 32.2. The Morgan fingerprint density at radius 1 is 0.512 bits per heavy atom. The maximum absolute atomic E-state index is 14.2. The van der Waals surface area contributed by atoms with E-state index >= 15 is 0 Å². The molecule has 0 bridgehead atoms. The minimum Gasteiger partial charge on any atom is -0.298 e. The van der Waals surface area contributed by atoms with E-state index < -0.39 is 165 Å². The molecule has 25 heteroatoms. The molecule has 0 heterocycles. The molecule has 2 fully saturated rings. The third kappa shape index (κ3) is 19.1. The zero-order chi connectivity index (χ0) is 59.5. The summed E-state index contributed by atoms with van der Waals surface area (Å²) in [5, 5.41) is 4.17. The number of halogens is 8. The van der Waals surface area contributed by atoms with Gasteiger partial charge in [0.2, 0.25) is 11.6 Å². The van der Waals surface area contributed by atoms with Gasteiger partial charge in [0.25, 0.3) is 0 Å². The molecule has 6 atom stereocenters. The Morgan fingerprint density at radius 3 is 1.20 bits per heavy atom. The molecule has 80 heavy (non-hydrogen) atoms. The van der Waals surface area contributed by atoms with E-state index in [1.807, 2.05) is 5.32 Å². The zero-order valence-electron chi connectivity index (χ0n) is 43.6. The molecular weight excluding hydrogens is 1130 g/mol. The normalized spacial score (nSPS) is 16.4. The molecule has 0 aliphatic heterocycles. The first kappa shape index (κ1) is 64.9. The van der Waals surface area contributed by atoms with Crippen LogP contribution in [0, 0.1) is 35.3 Å². The summed E-state index contributed by atoms with van der Waals surface area (Å²) in [6.07, 6.45) is -7.05. The summed E-state index contributed by atoms with van der Waals surface area (Å²) in [6, 6.07) is 8.77. The number of hydrogen-bond acceptors (Lipinski definition) is 14. The molecule has 0 radical (unpaired) electrons. The van der Waals surface area contributed by atoms with Gasteiger partial charge in [0, 0.05) is 43.8 Å². The summed E-state index contributed by atoms with van der Waals surface area (Å²) < 4.78 is 188. The molecule has 2 N–H and O–H groups in total. The van der Waals surface area contributed by atoms with E-state index in [0.717, 1.165) is 105 Å². The maximum atomic E-state index is 14.2. The molecule has 2 aliphatic carbocycles. The summed E-state index contributed by atoms with van der Waals surface area (Å²) in [5.74, 6) is -10.8. The predicted octanol–water partition coefficient (Wildman–Crippen LogP) is 8.97.